The fraction of sp³-hybridized carbons (Fsp3) is 0.429. The number of rotatable bonds is 12. The molecule has 2 heterocycles. The molecule has 4 rings (SSSR count). The number of thiophene rings is 2. The molecular weight excluding hydrogens is 460 g/mol. The third-order valence-corrected chi connectivity index (χ3v) is 8.60. The quantitative estimate of drug-likeness (QED) is 0.223. The van der Waals surface area contributed by atoms with Gasteiger partial charge >= 0.3 is 0 Å². The van der Waals surface area contributed by atoms with E-state index >= 15 is 0 Å². The Kier molecular flexibility index (Phi) is 8.57. The van der Waals surface area contributed by atoms with Crippen molar-refractivity contribution >= 4 is 64.1 Å². The first-order valence-corrected chi connectivity index (χ1v) is 14.1. The van der Waals surface area contributed by atoms with Crippen LogP contribution in [0.2, 0.25) is 0 Å². The minimum Gasteiger partial charge on any atom is -0.356 e. The van der Waals surface area contributed by atoms with Crippen molar-refractivity contribution in [3.63, 3.8) is 0 Å². The SMILES string of the molecule is CCCNC(=O)CCCc1ccc2c(c1)sc1c3ccc(CCCC(=O)NCCC)cc3sc21. The predicted octanol–water partition coefficient (Wildman–Crippen LogP) is 6.97. The standard InChI is InChI=1S/C28H34N2O2S2/c1-3-15-29-25(31)9-5-7-19-11-13-21-23(17-19)33-28-22-14-12-20(18-24(22)34-27(21)28)8-6-10-26(32)30-16-4-2/h11-14,17-18H,3-10,15-16H2,1-2H3,(H,29,31)(H,30,32). The second-order valence-electron chi connectivity index (χ2n) is 8.93. The maximum absolute atomic E-state index is 11.8. The van der Waals surface area contributed by atoms with Crippen molar-refractivity contribution in [1.29, 1.82) is 0 Å². The third kappa shape index (κ3) is 5.97. The van der Waals surface area contributed by atoms with E-state index in [1.165, 1.54) is 40.7 Å². The monoisotopic (exact) mass is 494 g/mol. The second kappa shape index (κ2) is 11.8. The Morgan fingerprint density at radius 2 is 1.15 bits per heavy atom. The number of hydrogen-bond donors (Lipinski definition) is 2. The molecule has 2 aromatic carbocycles. The lowest BCUT2D eigenvalue weighted by Crippen LogP contribution is -2.23. The van der Waals surface area contributed by atoms with Crippen LogP contribution < -0.4 is 10.6 Å². The van der Waals surface area contributed by atoms with Gasteiger partial charge in [-0.15, -0.1) is 22.7 Å². The molecule has 0 fully saturated rings. The van der Waals surface area contributed by atoms with Gasteiger partial charge in [-0.1, -0.05) is 38.1 Å². The fourth-order valence-corrected chi connectivity index (χ4v) is 7.05. The van der Waals surface area contributed by atoms with Crippen molar-refractivity contribution in [1.82, 2.24) is 10.6 Å². The zero-order valence-electron chi connectivity index (χ0n) is 20.2. The molecule has 0 aliphatic rings. The van der Waals surface area contributed by atoms with E-state index in [1.54, 1.807) is 0 Å². The molecule has 0 aliphatic carbocycles. The smallest absolute Gasteiger partial charge is 0.220 e. The molecule has 0 radical (unpaired) electrons. The number of benzene rings is 2. The summed E-state index contributed by atoms with van der Waals surface area (Å²) in [5.74, 6) is 0.315. The van der Waals surface area contributed by atoms with Crippen LogP contribution in [0.3, 0.4) is 0 Å². The van der Waals surface area contributed by atoms with Gasteiger partial charge in [-0.25, -0.2) is 0 Å². The van der Waals surface area contributed by atoms with Gasteiger partial charge in [-0.05, 0) is 61.8 Å². The van der Waals surface area contributed by atoms with Gasteiger partial charge in [0.2, 0.25) is 11.8 Å². The molecule has 6 heteroatoms. The van der Waals surface area contributed by atoms with E-state index in [2.05, 4.69) is 60.9 Å². The molecule has 4 nitrogen and oxygen atoms in total. The Bertz CT molecular complexity index is 1190. The number of nitrogens with one attached hydrogen (secondary N) is 2. The highest BCUT2D eigenvalue weighted by atomic mass is 32.1. The van der Waals surface area contributed by atoms with Crippen molar-refractivity contribution in [2.24, 2.45) is 0 Å². The number of hydrogen-bond acceptors (Lipinski definition) is 4. The fourth-order valence-electron chi connectivity index (χ4n) is 4.27. The van der Waals surface area contributed by atoms with E-state index in [4.69, 9.17) is 0 Å². The maximum Gasteiger partial charge on any atom is 0.220 e. The Morgan fingerprint density at radius 3 is 1.56 bits per heavy atom. The number of amides is 2. The summed E-state index contributed by atoms with van der Waals surface area (Å²) in [5.41, 5.74) is 2.61. The summed E-state index contributed by atoms with van der Waals surface area (Å²) < 4.78 is 5.41. The Balaban J connectivity index is 1.42. The molecule has 2 amide bonds. The van der Waals surface area contributed by atoms with Gasteiger partial charge in [-0.2, -0.15) is 0 Å². The van der Waals surface area contributed by atoms with Crippen molar-refractivity contribution < 1.29 is 9.59 Å². The van der Waals surface area contributed by atoms with Gasteiger partial charge in [0.25, 0.3) is 0 Å². The molecule has 0 spiro atoms. The highest BCUT2D eigenvalue weighted by Gasteiger charge is 2.13. The first-order valence-electron chi connectivity index (χ1n) is 12.5. The minimum atomic E-state index is 0.158. The van der Waals surface area contributed by atoms with Crippen molar-refractivity contribution in [2.45, 2.75) is 65.2 Å². The van der Waals surface area contributed by atoms with Gasteiger partial charge < -0.3 is 10.6 Å². The average molecular weight is 495 g/mol. The summed E-state index contributed by atoms with van der Waals surface area (Å²) in [4.78, 5) is 23.7. The Hall–Kier alpha value is -2.44. The highest BCUT2D eigenvalue weighted by molar-refractivity contribution is 7.36. The van der Waals surface area contributed by atoms with Gasteiger partial charge in [0.1, 0.15) is 0 Å². The van der Waals surface area contributed by atoms with Crippen LogP contribution in [0.1, 0.15) is 63.5 Å². The molecule has 4 aromatic rings. The van der Waals surface area contributed by atoms with E-state index in [9.17, 15) is 9.59 Å². The Morgan fingerprint density at radius 1 is 0.706 bits per heavy atom. The lowest BCUT2D eigenvalue weighted by atomic mass is 10.1. The van der Waals surface area contributed by atoms with E-state index in [1.807, 2.05) is 22.7 Å². The topological polar surface area (TPSA) is 58.2 Å². The van der Waals surface area contributed by atoms with E-state index < -0.39 is 0 Å². The first-order chi connectivity index (χ1) is 16.6. The molecule has 0 atom stereocenters. The van der Waals surface area contributed by atoms with Crippen molar-refractivity contribution in [3.8, 4) is 0 Å². The van der Waals surface area contributed by atoms with Crippen LogP contribution in [0, 0.1) is 0 Å². The Labute approximate surface area is 209 Å². The molecule has 2 N–H and O–H groups in total. The average Bonchev–Trinajstić information content (AvgIpc) is 3.36. The van der Waals surface area contributed by atoms with E-state index in [-0.39, 0.29) is 11.8 Å². The van der Waals surface area contributed by atoms with Crippen molar-refractivity contribution in [2.75, 3.05) is 13.1 Å². The van der Waals surface area contributed by atoms with Crippen LogP contribution in [0.4, 0.5) is 0 Å². The van der Waals surface area contributed by atoms with E-state index in [0.717, 1.165) is 51.6 Å². The number of fused-ring (bicyclic) bond motifs is 5. The van der Waals surface area contributed by atoms with Gasteiger partial charge in [-0.3, -0.25) is 9.59 Å². The van der Waals surface area contributed by atoms with Crippen LogP contribution in [0.15, 0.2) is 36.4 Å². The maximum atomic E-state index is 11.8. The highest BCUT2D eigenvalue weighted by Crippen LogP contribution is 2.44. The van der Waals surface area contributed by atoms with Gasteiger partial charge in [0, 0.05) is 46.1 Å². The molecular formula is C28H34N2O2S2. The lowest BCUT2D eigenvalue weighted by molar-refractivity contribution is -0.122. The van der Waals surface area contributed by atoms with Gasteiger partial charge in [0.15, 0.2) is 0 Å². The predicted molar refractivity (Wildman–Crippen MR) is 147 cm³/mol. The normalized spacial score (nSPS) is 11.5. The van der Waals surface area contributed by atoms with Crippen LogP contribution in [0.5, 0.6) is 0 Å². The zero-order valence-corrected chi connectivity index (χ0v) is 21.8. The minimum absolute atomic E-state index is 0.158. The molecule has 0 saturated carbocycles. The summed E-state index contributed by atoms with van der Waals surface area (Å²) in [6, 6.07) is 13.6. The zero-order chi connectivity index (χ0) is 23.9. The molecule has 34 heavy (non-hydrogen) atoms. The molecule has 0 bridgehead atoms. The summed E-state index contributed by atoms with van der Waals surface area (Å²) >= 11 is 3.75. The molecule has 2 aromatic heterocycles. The van der Waals surface area contributed by atoms with Gasteiger partial charge in [0.05, 0.1) is 9.40 Å². The molecule has 0 aliphatic heterocycles. The summed E-state index contributed by atoms with van der Waals surface area (Å²) in [7, 11) is 0. The number of carbonyl (C=O) groups is 2. The second-order valence-corrected chi connectivity index (χ2v) is 11.0. The molecule has 0 unspecified atom stereocenters. The van der Waals surface area contributed by atoms with Crippen LogP contribution in [-0.2, 0) is 22.4 Å². The van der Waals surface area contributed by atoms with E-state index in [0.29, 0.717) is 12.8 Å². The number of carbonyl (C=O) groups excluding carboxylic acids is 2. The summed E-state index contributed by atoms with van der Waals surface area (Å²) in [5, 5.41) is 8.57. The first kappa shape index (κ1) is 24.7. The van der Waals surface area contributed by atoms with Crippen LogP contribution >= 0.6 is 22.7 Å². The number of aryl methyl sites for hydroxylation is 2. The third-order valence-electron chi connectivity index (χ3n) is 6.09. The summed E-state index contributed by atoms with van der Waals surface area (Å²) in [6.07, 6.45) is 6.77. The van der Waals surface area contributed by atoms with Crippen LogP contribution in [-0.4, -0.2) is 24.9 Å². The van der Waals surface area contributed by atoms with Crippen molar-refractivity contribution in [3.05, 3.63) is 47.5 Å². The summed E-state index contributed by atoms with van der Waals surface area (Å²) in [6.45, 7) is 5.67. The molecule has 180 valence electrons. The lowest BCUT2D eigenvalue weighted by Gasteiger charge is -2.04. The van der Waals surface area contributed by atoms with Crippen LogP contribution in [0.25, 0.3) is 29.6 Å². The largest absolute Gasteiger partial charge is 0.356 e. The molecule has 0 saturated heterocycles.